The molecular formula is C20H27N3O4. The van der Waals surface area contributed by atoms with Gasteiger partial charge in [0.15, 0.2) is 0 Å². The van der Waals surface area contributed by atoms with E-state index in [1.807, 2.05) is 56.0 Å². The molecule has 27 heavy (non-hydrogen) atoms. The van der Waals surface area contributed by atoms with Crippen LogP contribution in [-0.2, 0) is 20.9 Å². The quantitative estimate of drug-likeness (QED) is 0.738. The number of carbonyl (C=O) groups excluding carboxylic acids is 2. The highest BCUT2D eigenvalue weighted by Crippen LogP contribution is 2.17. The van der Waals surface area contributed by atoms with Crippen LogP contribution >= 0.6 is 0 Å². The summed E-state index contributed by atoms with van der Waals surface area (Å²) >= 11 is 0. The lowest BCUT2D eigenvalue weighted by atomic mass is 10.1. The standard InChI is InChI=1S/C20H27N3O4/c1-20(2,3)27-19(25)23-12-11-22(17(13-23)9-10-21)14-18(24)26-15-16-7-5-4-6-8-16/h4-8,17H,9,11-15H2,1-3H3/t17-/m0/s1. The maximum Gasteiger partial charge on any atom is 0.410 e. The highest BCUT2D eigenvalue weighted by Gasteiger charge is 2.33. The van der Waals surface area contributed by atoms with E-state index >= 15 is 0 Å². The van der Waals surface area contributed by atoms with Crippen LogP contribution in [0.4, 0.5) is 4.79 Å². The zero-order valence-corrected chi connectivity index (χ0v) is 16.2. The molecule has 2 rings (SSSR count). The summed E-state index contributed by atoms with van der Waals surface area (Å²) in [6.45, 7) is 7.06. The fourth-order valence-corrected chi connectivity index (χ4v) is 2.84. The summed E-state index contributed by atoms with van der Waals surface area (Å²) in [4.78, 5) is 27.9. The number of hydrogen-bond donors (Lipinski definition) is 0. The number of rotatable bonds is 5. The molecule has 146 valence electrons. The molecule has 7 heteroatoms. The molecule has 0 spiro atoms. The molecule has 0 aromatic heterocycles. The number of carbonyl (C=O) groups is 2. The maximum atomic E-state index is 12.3. The Hall–Kier alpha value is -2.59. The predicted molar refractivity (Wildman–Crippen MR) is 99.6 cm³/mol. The summed E-state index contributed by atoms with van der Waals surface area (Å²) in [7, 11) is 0. The molecule has 1 aliphatic heterocycles. The van der Waals surface area contributed by atoms with E-state index in [1.54, 1.807) is 4.90 Å². The van der Waals surface area contributed by atoms with Crippen molar-refractivity contribution >= 4 is 12.1 Å². The molecule has 1 aromatic carbocycles. The third-order valence-electron chi connectivity index (χ3n) is 4.16. The highest BCUT2D eigenvalue weighted by atomic mass is 16.6. The largest absolute Gasteiger partial charge is 0.460 e. The normalized spacial score (nSPS) is 17.9. The van der Waals surface area contributed by atoms with Crippen molar-refractivity contribution in [3.05, 3.63) is 35.9 Å². The Bertz CT molecular complexity index is 679. The van der Waals surface area contributed by atoms with Crippen LogP contribution in [0.5, 0.6) is 0 Å². The molecule has 0 N–H and O–H groups in total. The smallest absolute Gasteiger partial charge is 0.410 e. The lowest BCUT2D eigenvalue weighted by molar-refractivity contribution is -0.147. The Labute approximate surface area is 160 Å². The van der Waals surface area contributed by atoms with Gasteiger partial charge >= 0.3 is 12.1 Å². The number of amides is 1. The van der Waals surface area contributed by atoms with Gasteiger partial charge in [0.05, 0.1) is 19.0 Å². The van der Waals surface area contributed by atoms with Crippen molar-refractivity contribution in [2.45, 2.75) is 45.4 Å². The van der Waals surface area contributed by atoms with Crippen LogP contribution in [0, 0.1) is 11.3 Å². The van der Waals surface area contributed by atoms with Gasteiger partial charge in [-0.3, -0.25) is 9.69 Å². The van der Waals surface area contributed by atoms with E-state index in [0.717, 1.165) is 5.56 Å². The molecule has 1 aromatic rings. The lowest BCUT2D eigenvalue weighted by Gasteiger charge is -2.40. The first-order chi connectivity index (χ1) is 12.8. The van der Waals surface area contributed by atoms with E-state index in [4.69, 9.17) is 14.7 Å². The van der Waals surface area contributed by atoms with Crippen LogP contribution in [-0.4, -0.2) is 59.7 Å². The summed E-state index contributed by atoms with van der Waals surface area (Å²) < 4.78 is 10.7. The maximum absolute atomic E-state index is 12.3. The molecular weight excluding hydrogens is 346 g/mol. The summed E-state index contributed by atoms with van der Waals surface area (Å²) in [5, 5.41) is 9.11. The van der Waals surface area contributed by atoms with Crippen LogP contribution in [0.3, 0.4) is 0 Å². The van der Waals surface area contributed by atoms with Gasteiger partial charge in [-0.25, -0.2) is 4.79 Å². The lowest BCUT2D eigenvalue weighted by Crippen LogP contribution is -2.56. The SMILES string of the molecule is CC(C)(C)OC(=O)N1CCN(CC(=O)OCc2ccccc2)[C@@H](CC#N)C1. The van der Waals surface area contributed by atoms with Crippen LogP contribution in [0.15, 0.2) is 30.3 Å². The fourth-order valence-electron chi connectivity index (χ4n) is 2.84. The van der Waals surface area contributed by atoms with E-state index < -0.39 is 11.7 Å². The molecule has 0 bridgehead atoms. The Morgan fingerprint density at radius 1 is 1.22 bits per heavy atom. The second kappa shape index (κ2) is 9.38. The van der Waals surface area contributed by atoms with E-state index in [1.165, 1.54) is 0 Å². The predicted octanol–water partition coefficient (Wildman–Crippen LogP) is 2.56. The van der Waals surface area contributed by atoms with E-state index in [-0.39, 0.29) is 31.6 Å². The second-order valence-corrected chi connectivity index (χ2v) is 7.56. The average molecular weight is 373 g/mol. The van der Waals surface area contributed by atoms with E-state index in [0.29, 0.717) is 19.6 Å². The van der Waals surface area contributed by atoms with Crippen molar-refractivity contribution < 1.29 is 19.1 Å². The van der Waals surface area contributed by atoms with Crippen molar-refractivity contribution in [3.8, 4) is 6.07 Å². The zero-order chi connectivity index (χ0) is 19.9. The highest BCUT2D eigenvalue weighted by molar-refractivity contribution is 5.72. The third-order valence-corrected chi connectivity index (χ3v) is 4.16. The molecule has 0 aliphatic carbocycles. The zero-order valence-electron chi connectivity index (χ0n) is 16.2. The van der Waals surface area contributed by atoms with E-state index in [2.05, 4.69) is 6.07 Å². The molecule has 1 saturated heterocycles. The minimum atomic E-state index is -0.569. The summed E-state index contributed by atoms with van der Waals surface area (Å²) in [6.07, 6.45) is -0.164. The monoisotopic (exact) mass is 373 g/mol. The first-order valence-electron chi connectivity index (χ1n) is 9.07. The van der Waals surface area contributed by atoms with Crippen molar-refractivity contribution in [2.24, 2.45) is 0 Å². The molecule has 1 amide bonds. The average Bonchev–Trinajstić information content (AvgIpc) is 2.61. The third kappa shape index (κ3) is 6.91. The van der Waals surface area contributed by atoms with Gasteiger partial charge in [0.1, 0.15) is 12.2 Å². The van der Waals surface area contributed by atoms with Crippen molar-refractivity contribution in [1.82, 2.24) is 9.80 Å². The number of benzene rings is 1. The number of esters is 1. The van der Waals surface area contributed by atoms with Crippen LogP contribution in [0.25, 0.3) is 0 Å². The van der Waals surface area contributed by atoms with Crippen molar-refractivity contribution in [1.29, 1.82) is 5.26 Å². The molecule has 1 atom stereocenters. The fraction of sp³-hybridized carbons (Fsp3) is 0.550. The van der Waals surface area contributed by atoms with Gasteiger partial charge in [0.25, 0.3) is 0 Å². The Balaban J connectivity index is 1.88. The minimum Gasteiger partial charge on any atom is -0.460 e. The van der Waals surface area contributed by atoms with Crippen LogP contribution in [0.2, 0.25) is 0 Å². The van der Waals surface area contributed by atoms with Crippen molar-refractivity contribution in [2.75, 3.05) is 26.2 Å². The number of ether oxygens (including phenoxy) is 2. The molecule has 7 nitrogen and oxygen atoms in total. The summed E-state index contributed by atoms with van der Waals surface area (Å²) in [6, 6.07) is 11.4. The topological polar surface area (TPSA) is 82.9 Å². The molecule has 1 aliphatic rings. The number of piperazine rings is 1. The summed E-state index contributed by atoms with van der Waals surface area (Å²) in [5.74, 6) is -0.340. The van der Waals surface area contributed by atoms with Gasteiger partial charge < -0.3 is 14.4 Å². The van der Waals surface area contributed by atoms with Gasteiger partial charge in [0, 0.05) is 25.7 Å². The molecule has 1 fully saturated rings. The molecule has 0 saturated carbocycles. The molecule has 0 unspecified atom stereocenters. The summed E-state index contributed by atoms with van der Waals surface area (Å²) in [5.41, 5.74) is 0.356. The van der Waals surface area contributed by atoms with Gasteiger partial charge in [-0.05, 0) is 26.3 Å². The minimum absolute atomic E-state index is 0.0986. The molecule has 1 heterocycles. The first kappa shape index (κ1) is 20.7. The van der Waals surface area contributed by atoms with E-state index in [9.17, 15) is 9.59 Å². The Kier molecular flexibility index (Phi) is 7.19. The number of nitriles is 1. The number of hydrogen-bond acceptors (Lipinski definition) is 6. The van der Waals surface area contributed by atoms with Gasteiger partial charge in [-0.2, -0.15) is 5.26 Å². The van der Waals surface area contributed by atoms with Crippen LogP contribution in [0.1, 0.15) is 32.8 Å². The van der Waals surface area contributed by atoms with Gasteiger partial charge in [-0.15, -0.1) is 0 Å². The Morgan fingerprint density at radius 3 is 2.56 bits per heavy atom. The van der Waals surface area contributed by atoms with Gasteiger partial charge in [-0.1, -0.05) is 30.3 Å². The van der Waals surface area contributed by atoms with Crippen molar-refractivity contribution in [3.63, 3.8) is 0 Å². The Morgan fingerprint density at radius 2 is 1.93 bits per heavy atom. The molecule has 0 radical (unpaired) electrons. The second-order valence-electron chi connectivity index (χ2n) is 7.56. The van der Waals surface area contributed by atoms with Gasteiger partial charge in [0.2, 0.25) is 0 Å². The first-order valence-corrected chi connectivity index (χ1v) is 9.07. The number of nitrogens with zero attached hydrogens (tertiary/aromatic N) is 3. The van der Waals surface area contributed by atoms with Crippen LogP contribution < -0.4 is 0 Å².